The highest BCUT2D eigenvalue weighted by Gasteiger charge is 2.46. The summed E-state index contributed by atoms with van der Waals surface area (Å²) < 4.78 is 0. The number of allylic oxidation sites excluding steroid dienone is 2. The fourth-order valence-corrected chi connectivity index (χ4v) is 2.07. The highest BCUT2D eigenvalue weighted by atomic mass is 16.3. The van der Waals surface area contributed by atoms with Crippen LogP contribution in [0.1, 0.15) is 41.0 Å². The van der Waals surface area contributed by atoms with Gasteiger partial charge in [0, 0.05) is 0 Å². The largest absolute Gasteiger partial charge is 0.395 e. The number of aliphatic hydroxyl groups is 1. The van der Waals surface area contributed by atoms with Crippen molar-refractivity contribution in [1.82, 2.24) is 0 Å². The molecule has 0 bridgehead atoms. The molecule has 0 radical (unpaired) electrons. The highest BCUT2D eigenvalue weighted by Crippen LogP contribution is 2.46. The minimum absolute atomic E-state index is 0.0292. The maximum absolute atomic E-state index is 12.0. The maximum Gasteiger partial charge on any atom is 0.164 e. The molecule has 0 aromatic carbocycles. The second kappa shape index (κ2) is 3.75. The molecular weight excluding hydrogens is 188 g/mol. The van der Waals surface area contributed by atoms with E-state index in [2.05, 4.69) is 20.8 Å². The van der Waals surface area contributed by atoms with Gasteiger partial charge in [-0.1, -0.05) is 40.2 Å². The summed E-state index contributed by atoms with van der Waals surface area (Å²) >= 11 is 0. The summed E-state index contributed by atoms with van der Waals surface area (Å²) in [5.41, 5.74) is 0.639. The van der Waals surface area contributed by atoms with Crippen LogP contribution in [-0.4, -0.2) is 17.5 Å². The molecule has 0 saturated carbocycles. The lowest BCUT2D eigenvalue weighted by Gasteiger charge is -2.32. The molecule has 0 fully saturated rings. The second-order valence-corrected chi connectivity index (χ2v) is 5.93. The van der Waals surface area contributed by atoms with Gasteiger partial charge in [-0.25, -0.2) is 0 Å². The van der Waals surface area contributed by atoms with Crippen LogP contribution in [-0.2, 0) is 4.79 Å². The zero-order valence-electron chi connectivity index (χ0n) is 10.4. The summed E-state index contributed by atoms with van der Waals surface area (Å²) in [5, 5.41) is 9.49. The van der Waals surface area contributed by atoms with E-state index in [-0.39, 0.29) is 23.7 Å². The van der Waals surface area contributed by atoms with Crippen molar-refractivity contribution in [2.75, 3.05) is 6.61 Å². The molecule has 1 N–H and O–H groups in total. The fraction of sp³-hybridized carbons (Fsp3) is 0.769. The molecule has 86 valence electrons. The lowest BCUT2D eigenvalue weighted by molar-refractivity contribution is -0.127. The van der Waals surface area contributed by atoms with Gasteiger partial charge in [-0.3, -0.25) is 4.79 Å². The molecule has 15 heavy (non-hydrogen) atoms. The van der Waals surface area contributed by atoms with Crippen molar-refractivity contribution in [2.24, 2.45) is 16.7 Å². The number of aliphatic hydroxyl groups excluding tert-OH is 1. The Bertz CT molecular complexity index is 294. The first-order valence-electron chi connectivity index (χ1n) is 5.60. The van der Waals surface area contributed by atoms with Gasteiger partial charge >= 0.3 is 0 Å². The van der Waals surface area contributed by atoms with Gasteiger partial charge in [0.15, 0.2) is 5.78 Å². The van der Waals surface area contributed by atoms with Crippen LogP contribution in [0.2, 0.25) is 0 Å². The first kappa shape index (κ1) is 12.4. The van der Waals surface area contributed by atoms with Crippen molar-refractivity contribution >= 4 is 5.78 Å². The minimum Gasteiger partial charge on any atom is -0.395 e. The van der Waals surface area contributed by atoms with E-state index >= 15 is 0 Å². The quantitative estimate of drug-likeness (QED) is 0.760. The predicted molar refractivity (Wildman–Crippen MR) is 61.5 cm³/mol. The van der Waals surface area contributed by atoms with E-state index < -0.39 is 5.41 Å². The Labute approximate surface area is 92.4 Å². The third-order valence-electron chi connectivity index (χ3n) is 3.65. The van der Waals surface area contributed by atoms with Gasteiger partial charge in [0.25, 0.3) is 0 Å². The molecule has 0 heterocycles. The monoisotopic (exact) mass is 210 g/mol. The van der Waals surface area contributed by atoms with Crippen molar-refractivity contribution < 1.29 is 9.90 Å². The number of hydrogen-bond acceptors (Lipinski definition) is 2. The lowest BCUT2D eigenvalue weighted by atomic mass is 9.72. The Morgan fingerprint density at radius 3 is 2.20 bits per heavy atom. The zero-order chi connectivity index (χ0) is 11.9. The van der Waals surface area contributed by atoms with E-state index in [1.807, 2.05) is 13.8 Å². The van der Waals surface area contributed by atoms with Gasteiger partial charge in [0.2, 0.25) is 0 Å². The molecule has 0 aliphatic heterocycles. The van der Waals surface area contributed by atoms with Gasteiger partial charge in [-0.15, -0.1) is 0 Å². The van der Waals surface area contributed by atoms with Crippen LogP contribution in [0, 0.1) is 16.7 Å². The van der Waals surface area contributed by atoms with Gasteiger partial charge in [-0.2, -0.15) is 0 Å². The Morgan fingerprint density at radius 2 is 2.00 bits per heavy atom. The maximum atomic E-state index is 12.0. The number of carbonyl (C=O) groups excluding carboxylic acids is 1. The molecule has 0 aromatic heterocycles. The first-order valence-corrected chi connectivity index (χ1v) is 5.60. The summed E-state index contributed by atoms with van der Waals surface area (Å²) in [4.78, 5) is 12.0. The molecule has 2 heteroatoms. The molecule has 2 nitrogen and oxygen atoms in total. The third kappa shape index (κ3) is 2.00. The van der Waals surface area contributed by atoms with Crippen LogP contribution in [0.4, 0.5) is 0 Å². The smallest absolute Gasteiger partial charge is 0.164 e. The van der Waals surface area contributed by atoms with Crippen molar-refractivity contribution in [3.8, 4) is 0 Å². The molecule has 1 aliphatic carbocycles. The SMILES string of the molecule is CC(C)[C@@]1(CO)CC(C(C)(C)C)=CC1=O. The average molecular weight is 210 g/mol. The Balaban J connectivity index is 3.01. The van der Waals surface area contributed by atoms with Crippen LogP contribution in [0.5, 0.6) is 0 Å². The normalized spacial score (nSPS) is 27.4. The highest BCUT2D eigenvalue weighted by molar-refractivity contribution is 5.98. The van der Waals surface area contributed by atoms with Crippen molar-refractivity contribution in [1.29, 1.82) is 0 Å². The Morgan fingerprint density at radius 1 is 1.47 bits per heavy atom. The summed E-state index contributed by atoms with van der Waals surface area (Å²) in [6.07, 6.45) is 2.46. The molecule has 0 spiro atoms. The van der Waals surface area contributed by atoms with E-state index in [4.69, 9.17) is 0 Å². The van der Waals surface area contributed by atoms with Crippen molar-refractivity contribution in [3.05, 3.63) is 11.6 Å². The molecule has 1 aliphatic rings. The molecule has 1 rings (SSSR count). The van der Waals surface area contributed by atoms with Gasteiger partial charge in [-0.05, 0) is 23.8 Å². The first-order chi connectivity index (χ1) is 6.74. The second-order valence-electron chi connectivity index (χ2n) is 5.93. The molecule has 0 amide bonds. The summed E-state index contributed by atoms with van der Waals surface area (Å²) in [6.45, 7) is 10.3. The number of hydrogen-bond donors (Lipinski definition) is 1. The molecule has 0 saturated heterocycles. The summed E-state index contributed by atoms with van der Waals surface area (Å²) in [7, 11) is 0. The predicted octanol–water partition coefficient (Wildman–Crippen LogP) is 2.57. The molecular formula is C13H22O2. The number of rotatable bonds is 2. The van der Waals surface area contributed by atoms with Gasteiger partial charge in [0.1, 0.15) is 0 Å². The molecule has 1 atom stereocenters. The number of carbonyl (C=O) groups is 1. The van der Waals surface area contributed by atoms with Crippen LogP contribution in [0.3, 0.4) is 0 Å². The standard InChI is InChI=1S/C13H22O2/c1-9(2)13(8-14)7-10(6-11(13)15)12(3,4)5/h6,9,14H,7-8H2,1-5H3/t13-/m0/s1. The van der Waals surface area contributed by atoms with Gasteiger partial charge < -0.3 is 5.11 Å². The third-order valence-corrected chi connectivity index (χ3v) is 3.65. The van der Waals surface area contributed by atoms with Crippen LogP contribution >= 0.6 is 0 Å². The van der Waals surface area contributed by atoms with Crippen molar-refractivity contribution in [2.45, 2.75) is 41.0 Å². The lowest BCUT2D eigenvalue weighted by Crippen LogP contribution is -2.36. The zero-order valence-corrected chi connectivity index (χ0v) is 10.4. The summed E-state index contributed by atoms with van der Waals surface area (Å²) in [6, 6.07) is 0. The topological polar surface area (TPSA) is 37.3 Å². The van der Waals surface area contributed by atoms with Gasteiger partial charge in [0.05, 0.1) is 12.0 Å². The molecule has 0 aromatic rings. The number of ketones is 1. The molecule has 0 unspecified atom stereocenters. The van der Waals surface area contributed by atoms with E-state index in [1.165, 1.54) is 0 Å². The van der Waals surface area contributed by atoms with Crippen LogP contribution < -0.4 is 0 Å². The minimum atomic E-state index is -0.553. The fourth-order valence-electron chi connectivity index (χ4n) is 2.07. The Hall–Kier alpha value is -0.630. The van der Waals surface area contributed by atoms with Crippen LogP contribution in [0.15, 0.2) is 11.6 Å². The Kier molecular flexibility index (Phi) is 3.11. The summed E-state index contributed by atoms with van der Waals surface area (Å²) in [5.74, 6) is 0.288. The van der Waals surface area contributed by atoms with Crippen molar-refractivity contribution in [3.63, 3.8) is 0 Å². The average Bonchev–Trinajstić information content (AvgIpc) is 2.43. The van der Waals surface area contributed by atoms with E-state index in [0.29, 0.717) is 6.42 Å². The van der Waals surface area contributed by atoms with E-state index in [0.717, 1.165) is 5.57 Å². The van der Waals surface area contributed by atoms with E-state index in [9.17, 15) is 9.90 Å². The van der Waals surface area contributed by atoms with E-state index in [1.54, 1.807) is 6.08 Å². The van der Waals surface area contributed by atoms with Crippen LogP contribution in [0.25, 0.3) is 0 Å².